The predicted octanol–water partition coefficient (Wildman–Crippen LogP) is 3.61. The molecular formula is C16H18N2OS. The second-order valence-electron chi connectivity index (χ2n) is 5.25. The Hall–Kier alpha value is -1.68. The Morgan fingerprint density at radius 1 is 1.40 bits per heavy atom. The Morgan fingerprint density at radius 2 is 2.25 bits per heavy atom. The van der Waals surface area contributed by atoms with Gasteiger partial charge in [0.25, 0.3) is 0 Å². The summed E-state index contributed by atoms with van der Waals surface area (Å²) in [5, 5.41) is 1.01. The maximum absolute atomic E-state index is 12.4. The molecule has 0 saturated heterocycles. The predicted molar refractivity (Wildman–Crippen MR) is 82.6 cm³/mol. The van der Waals surface area contributed by atoms with E-state index in [1.165, 1.54) is 4.70 Å². The molecule has 0 radical (unpaired) electrons. The van der Waals surface area contributed by atoms with Gasteiger partial charge in [-0.1, -0.05) is 24.3 Å². The molecule has 1 aromatic carbocycles. The Morgan fingerprint density at radius 3 is 3.00 bits per heavy atom. The van der Waals surface area contributed by atoms with Gasteiger partial charge in [0.2, 0.25) is 5.91 Å². The van der Waals surface area contributed by atoms with Crippen LogP contribution in [0.4, 0.5) is 0 Å². The SMILES string of the molecule is CN(Cc1nc2ccccc2s1)C(=O)C1CC=CCC1. The first-order valence-electron chi connectivity index (χ1n) is 6.98. The fourth-order valence-corrected chi connectivity index (χ4v) is 3.62. The number of nitrogens with zero attached hydrogens (tertiary/aromatic N) is 2. The summed E-state index contributed by atoms with van der Waals surface area (Å²) in [4.78, 5) is 18.8. The molecule has 0 bridgehead atoms. The molecule has 1 atom stereocenters. The number of para-hydroxylation sites is 1. The molecule has 1 unspecified atom stereocenters. The van der Waals surface area contributed by atoms with E-state index in [0.29, 0.717) is 6.54 Å². The highest BCUT2D eigenvalue weighted by Crippen LogP contribution is 2.24. The summed E-state index contributed by atoms with van der Waals surface area (Å²) in [5.41, 5.74) is 1.02. The number of carbonyl (C=O) groups excluding carboxylic acids is 1. The van der Waals surface area contributed by atoms with Gasteiger partial charge in [-0.05, 0) is 31.4 Å². The van der Waals surface area contributed by atoms with Gasteiger partial charge < -0.3 is 4.90 Å². The van der Waals surface area contributed by atoms with Gasteiger partial charge in [-0.25, -0.2) is 4.98 Å². The number of rotatable bonds is 3. The van der Waals surface area contributed by atoms with E-state index in [0.717, 1.165) is 29.8 Å². The standard InChI is InChI=1S/C16H18N2OS/c1-18(16(19)12-7-3-2-4-8-12)11-15-17-13-9-5-6-10-14(13)20-15/h2-3,5-6,9-10,12H,4,7-8,11H2,1H3. The van der Waals surface area contributed by atoms with Gasteiger partial charge in [-0.15, -0.1) is 11.3 Å². The molecule has 4 heteroatoms. The van der Waals surface area contributed by atoms with Gasteiger partial charge in [0.1, 0.15) is 5.01 Å². The van der Waals surface area contributed by atoms with Crippen LogP contribution in [0.3, 0.4) is 0 Å². The summed E-state index contributed by atoms with van der Waals surface area (Å²) >= 11 is 1.67. The first-order chi connectivity index (χ1) is 9.74. The van der Waals surface area contributed by atoms with Crippen molar-refractivity contribution in [2.24, 2.45) is 5.92 Å². The Balaban J connectivity index is 1.70. The molecule has 1 aromatic heterocycles. The van der Waals surface area contributed by atoms with Crippen LogP contribution >= 0.6 is 11.3 Å². The van der Waals surface area contributed by atoms with E-state index >= 15 is 0 Å². The highest BCUT2D eigenvalue weighted by molar-refractivity contribution is 7.18. The lowest BCUT2D eigenvalue weighted by atomic mass is 9.93. The van der Waals surface area contributed by atoms with Crippen LogP contribution in [-0.2, 0) is 11.3 Å². The quantitative estimate of drug-likeness (QED) is 0.808. The third-order valence-electron chi connectivity index (χ3n) is 3.71. The molecule has 0 saturated carbocycles. The normalized spacial score (nSPS) is 18.4. The number of fused-ring (bicyclic) bond motifs is 1. The zero-order valence-corrected chi connectivity index (χ0v) is 12.4. The lowest BCUT2D eigenvalue weighted by Crippen LogP contribution is -2.32. The monoisotopic (exact) mass is 286 g/mol. The van der Waals surface area contributed by atoms with Crippen molar-refractivity contribution in [2.75, 3.05) is 7.05 Å². The van der Waals surface area contributed by atoms with E-state index in [1.807, 2.05) is 30.1 Å². The van der Waals surface area contributed by atoms with Gasteiger partial charge in [-0.3, -0.25) is 4.79 Å². The van der Waals surface area contributed by atoms with Crippen molar-refractivity contribution in [3.63, 3.8) is 0 Å². The molecule has 3 rings (SSSR count). The van der Waals surface area contributed by atoms with E-state index in [2.05, 4.69) is 23.2 Å². The third kappa shape index (κ3) is 2.75. The second-order valence-corrected chi connectivity index (χ2v) is 6.37. The van der Waals surface area contributed by atoms with Crippen LogP contribution in [0.2, 0.25) is 0 Å². The number of allylic oxidation sites excluding steroid dienone is 2. The molecule has 1 heterocycles. The zero-order valence-electron chi connectivity index (χ0n) is 11.6. The maximum atomic E-state index is 12.4. The van der Waals surface area contributed by atoms with Crippen LogP contribution in [0.1, 0.15) is 24.3 Å². The number of aromatic nitrogens is 1. The molecule has 104 valence electrons. The number of hydrogen-bond acceptors (Lipinski definition) is 3. The highest BCUT2D eigenvalue weighted by Gasteiger charge is 2.22. The number of benzene rings is 1. The van der Waals surface area contributed by atoms with Crippen molar-refractivity contribution in [1.82, 2.24) is 9.88 Å². The van der Waals surface area contributed by atoms with Gasteiger partial charge in [0.05, 0.1) is 16.8 Å². The van der Waals surface area contributed by atoms with E-state index in [1.54, 1.807) is 11.3 Å². The number of thiazole rings is 1. The van der Waals surface area contributed by atoms with Crippen molar-refractivity contribution in [1.29, 1.82) is 0 Å². The molecule has 20 heavy (non-hydrogen) atoms. The molecule has 0 fully saturated rings. The van der Waals surface area contributed by atoms with E-state index < -0.39 is 0 Å². The average molecular weight is 286 g/mol. The largest absolute Gasteiger partial charge is 0.339 e. The molecule has 2 aromatic rings. The molecule has 0 aliphatic heterocycles. The van der Waals surface area contributed by atoms with Crippen molar-refractivity contribution < 1.29 is 4.79 Å². The van der Waals surface area contributed by atoms with Crippen LogP contribution in [0, 0.1) is 5.92 Å². The lowest BCUT2D eigenvalue weighted by molar-refractivity contribution is -0.135. The summed E-state index contributed by atoms with van der Waals surface area (Å²) < 4.78 is 1.18. The van der Waals surface area contributed by atoms with Crippen LogP contribution in [-0.4, -0.2) is 22.8 Å². The molecule has 0 N–H and O–H groups in total. The first kappa shape index (κ1) is 13.3. The fraction of sp³-hybridized carbons (Fsp3) is 0.375. The summed E-state index contributed by atoms with van der Waals surface area (Å²) in [7, 11) is 1.88. The maximum Gasteiger partial charge on any atom is 0.226 e. The van der Waals surface area contributed by atoms with E-state index in [9.17, 15) is 4.79 Å². The van der Waals surface area contributed by atoms with Crippen molar-refractivity contribution >= 4 is 27.5 Å². The van der Waals surface area contributed by atoms with Crippen LogP contribution in [0.25, 0.3) is 10.2 Å². The Labute approximate surface area is 122 Å². The summed E-state index contributed by atoms with van der Waals surface area (Å²) in [6.07, 6.45) is 7.16. The van der Waals surface area contributed by atoms with E-state index in [4.69, 9.17) is 0 Å². The minimum absolute atomic E-state index is 0.152. The van der Waals surface area contributed by atoms with Gasteiger partial charge in [-0.2, -0.15) is 0 Å². The number of amides is 1. The van der Waals surface area contributed by atoms with Crippen LogP contribution < -0.4 is 0 Å². The Kier molecular flexibility index (Phi) is 3.83. The Bertz CT molecular complexity index is 614. The molecule has 1 amide bonds. The first-order valence-corrected chi connectivity index (χ1v) is 7.80. The average Bonchev–Trinajstić information content (AvgIpc) is 2.89. The smallest absolute Gasteiger partial charge is 0.226 e. The summed E-state index contributed by atoms with van der Waals surface area (Å²) in [6, 6.07) is 8.11. The third-order valence-corrected chi connectivity index (χ3v) is 4.73. The summed E-state index contributed by atoms with van der Waals surface area (Å²) in [6.45, 7) is 0.610. The minimum Gasteiger partial charge on any atom is -0.339 e. The van der Waals surface area contributed by atoms with E-state index in [-0.39, 0.29) is 11.8 Å². The lowest BCUT2D eigenvalue weighted by Gasteiger charge is -2.23. The van der Waals surface area contributed by atoms with Crippen molar-refractivity contribution in [2.45, 2.75) is 25.8 Å². The summed E-state index contributed by atoms with van der Waals surface area (Å²) in [5.74, 6) is 0.396. The minimum atomic E-state index is 0.152. The molecular weight excluding hydrogens is 268 g/mol. The zero-order chi connectivity index (χ0) is 13.9. The molecule has 0 spiro atoms. The van der Waals surface area contributed by atoms with Crippen molar-refractivity contribution in [3.8, 4) is 0 Å². The van der Waals surface area contributed by atoms with Gasteiger partial charge in [0, 0.05) is 13.0 Å². The highest BCUT2D eigenvalue weighted by atomic mass is 32.1. The number of carbonyl (C=O) groups is 1. The van der Waals surface area contributed by atoms with Crippen molar-refractivity contribution in [3.05, 3.63) is 41.4 Å². The van der Waals surface area contributed by atoms with Crippen LogP contribution in [0.15, 0.2) is 36.4 Å². The topological polar surface area (TPSA) is 33.2 Å². The van der Waals surface area contributed by atoms with Gasteiger partial charge in [0.15, 0.2) is 0 Å². The van der Waals surface area contributed by atoms with Crippen LogP contribution in [0.5, 0.6) is 0 Å². The van der Waals surface area contributed by atoms with Gasteiger partial charge >= 0.3 is 0 Å². The number of hydrogen-bond donors (Lipinski definition) is 0. The second kappa shape index (κ2) is 5.75. The molecule has 1 aliphatic rings. The molecule has 1 aliphatic carbocycles. The fourth-order valence-electron chi connectivity index (χ4n) is 2.60. The molecule has 3 nitrogen and oxygen atoms in total.